The number of nitro groups is 1. The maximum absolute atomic E-state index is 13.3. The fourth-order valence-electron chi connectivity index (χ4n) is 2.01. The van der Waals surface area contributed by atoms with E-state index in [1.54, 1.807) is 0 Å². The Kier molecular flexibility index (Phi) is 4.52. The molecule has 0 aromatic heterocycles. The van der Waals surface area contributed by atoms with Gasteiger partial charge in [0.15, 0.2) is 0 Å². The van der Waals surface area contributed by atoms with Crippen molar-refractivity contribution >= 4 is 11.4 Å². The van der Waals surface area contributed by atoms with E-state index in [0.29, 0.717) is 18.2 Å². The molecule has 0 amide bonds. The Hall–Kier alpha value is -2.43. The second-order valence-electron chi connectivity index (χ2n) is 5.21. The van der Waals surface area contributed by atoms with Gasteiger partial charge in [0.1, 0.15) is 5.82 Å². The highest BCUT2D eigenvalue weighted by Crippen LogP contribution is 2.21. The van der Waals surface area contributed by atoms with E-state index < -0.39 is 10.7 Å². The Morgan fingerprint density at radius 2 is 1.86 bits per heavy atom. The van der Waals surface area contributed by atoms with Gasteiger partial charge in [-0.15, -0.1) is 0 Å². The lowest BCUT2D eigenvalue weighted by Gasteiger charge is -2.09. The van der Waals surface area contributed by atoms with Crippen LogP contribution in [0.1, 0.15) is 30.9 Å². The number of hydrogen-bond donors (Lipinski definition) is 1. The molecule has 21 heavy (non-hydrogen) atoms. The van der Waals surface area contributed by atoms with Crippen LogP contribution in [0.5, 0.6) is 0 Å². The number of anilines is 1. The van der Waals surface area contributed by atoms with Crippen molar-refractivity contribution in [2.24, 2.45) is 0 Å². The lowest BCUT2D eigenvalue weighted by molar-refractivity contribution is -0.385. The molecule has 2 aromatic carbocycles. The average molecular weight is 288 g/mol. The summed E-state index contributed by atoms with van der Waals surface area (Å²) in [5, 5.41) is 13.7. The molecule has 4 nitrogen and oxygen atoms in total. The minimum atomic E-state index is -0.623. The maximum atomic E-state index is 13.3. The predicted octanol–water partition coefficient (Wildman–Crippen LogP) is 4.47. The van der Waals surface area contributed by atoms with Crippen molar-refractivity contribution < 1.29 is 9.31 Å². The van der Waals surface area contributed by atoms with Gasteiger partial charge in [0.25, 0.3) is 5.69 Å². The van der Waals surface area contributed by atoms with Crippen molar-refractivity contribution in [3.63, 3.8) is 0 Å². The quantitative estimate of drug-likeness (QED) is 0.652. The van der Waals surface area contributed by atoms with E-state index in [4.69, 9.17) is 0 Å². The minimum absolute atomic E-state index is 0.257. The third-order valence-electron chi connectivity index (χ3n) is 3.24. The molecule has 0 unspecified atom stereocenters. The second kappa shape index (κ2) is 6.35. The Balaban J connectivity index is 2.07. The standard InChI is InChI=1S/C16H17FN2O2/c1-11(2)13-5-3-12(4-6-13)10-18-15-7-14(17)8-16(9-15)19(20)21/h3-9,11,18H,10H2,1-2H3. The van der Waals surface area contributed by atoms with Crippen LogP contribution >= 0.6 is 0 Å². The molecule has 0 aliphatic carbocycles. The summed E-state index contributed by atoms with van der Waals surface area (Å²) in [4.78, 5) is 10.1. The smallest absolute Gasteiger partial charge is 0.274 e. The zero-order valence-electron chi connectivity index (χ0n) is 12.0. The van der Waals surface area contributed by atoms with E-state index in [1.807, 2.05) is 12.1 Å². The number of nitrogens with one attached hydrogen (secondary N) is 1. The topological polar surface area (TPSA) is 55.2 Å². The molecular formula is C16H17FN2O2. The van der Waals surface area contributed by atoms with E-state index in [2.05, 4.69) is 31.3 Å². The van der Waals surface area contributed by atoms with Gasteiger partial charge in [-0.1, -0.05) is 38.1 Å². The Morgan fingerprint density at radius 1 is 1.19 bits per heavy atom. The number of hydrogen-bond acceptors (Lipinski definition) is 3. The van der Waals surface area contributed by atoms with Gasteiger partial charge in [-0.25, -0.2) is 4.39 Å². The van der Waals surface area contributed by atoms with Crippen molar-refractivity contribution in [2.45, 2.75) is 26.3 Å². The highest BCUT2D eigenvalue weighted by Gasteiger charge is 2.09. The highest BCUT2D eigenvalue weighted by molar-refractivity contribution is 5.51. The molecule has 0 fully saturated rings. The first kappa shape index (κ1) is 15.0. The number of non-ortho nitro benzene ring substituents is 1. The fourth-order valence-corrected chi connectivity index (χ4v) is 2.01. The van der Waals surface area contributed by atoms with Crippen LogP contribution in [0.3, 0.4) is 0 Å². The van der Waals surface area contributed by atoms with Gasteiger partial charge in [-0.3, -0.25) is 10.1 Å². The second-order valence-corrected chi connectivity index (χ2v) is 5.21. The number of halogens is 1. The lowest BCUT2D eigenvalue weighted by Crippen LogP contribution is -2.01. The SMILES string of the molecule is CC(C)c1ccc(CNc2cc(F)cc([N+](=O)[O-])c2)cc1. The molecular weight excluding hydrogens is 271 g/mol. The normalized spacial score (nSPS) is 10.7. The van der Waals surface area contributed by atoms with Crippen molar-refractivity contribution in [1.82, 2.24) is 0 Å². The van der Waals surface area contributed by atoms with Gasteiger partial charge in [0.05, 0.1) is 11.0 Å². The largest absolute Gasteiger partial charge is 0.381 e. The van der Waals surface area contributed by atoms with Gasteiger partial charge in [0, 0.05) is 18.3 Å². The molecule has 0 aliphatic rings. The average Bonchev–Trinajstić information content (AvgIpc) is 2.45. The summed E-state index contributed by atoms with van der Waals surface area (Å²) in [6, 6.07) is 11.6. The first-order chi connectivity index (χ1) is 9.95. The van der Waals surface area contributed by atoms with Crippen LogP contribution in [0, 0.1) is 15.9 Å². The molecule has 0 heterocycles. The summed E-state index contributed by atoms with van der Waals surface area (Å²) < 4.78 is 13.3. The van der Waals surface area contributed by atoms with Crippen molar-refractivity contribution in [3.8, 4) is 0 Å². The molecule has 1 N–H and O–H groups in total. The molecule has 2 aromatic rings. The molecule has 0 atom stereocenters. The highest BCUT2D eigenvalue weighted by atomic mass is 19.1. The zero-order chi connectivity index (χ0) is 15.4. The molecule has 0 saturated carbocycles. The van der Waals surface area contributed by atoms with Crippen molar-refractivity contribution in [1.29, 1.82) is 0 Å². The van der Waals surface area contributed by atoms with E-state index in [-0.39, 0.29) is 5.69 Å². The van der Waals surface area contributed by atoms with E-state index in [1.165, 1.54) is 17.7 Å². The molecule has 5 heteroatoms. The Labute approximate surface area is 122 Å². The summed E-state index contributed by atoms with van der Waals surface area (Å²) in [5.74, 6) is -0.153. The number of nitrogens with zero attached hydrogens (tertiary/aromatic N) is 1. The summed E-state index contributed by atoms with van der Waals surface area (Å²) in [7, 11) is 0. The summed E-state index contributed by atoms with van der Waals surface area (Å²) >= 11 is 0. The number of benzene rings is 2. The van der Waals surface area contributed by atoms with E-state index >= 15 is 0 Å². The maximum Gasteiger partial charge on any atom is 0.274 e. The molecule has 110 valence electrons. The van der Waals surface area contributed by atoms with Crippen LogP contribution in [0.25, 0.3) is 0 Å². The van der Waals surface area contributed by atoms with Crippen LogP contribution in [-0.4, -0.2) is 4.92 Å². The van der Waals surface area contributed by atoms with Crippen LogP contribution in [-0.2, 0) is 6.54 Å². The van der Waals surface area contributed by atoms with Crippen molar-refractivity contribution in [3.05, 3.63) is 69.5 Å². The summed E-state index contributed by atoms with van der Waals surface area (Å²) in [6.45, 7) is 4.73. The van der Waals surface area contributed by atoms with Gasteiger partial charge in [-0.05, 0) is 23.1 Å². The van der Waals surface area contributed by atoms with E-state index in [9.17, 15) is 14.5 Å². The molecule has 0 bridgehead atoms. The van der Waals surface area contributed by atoms with Gasteiger partial charge >= 0.3 is 0 Å². The Morgan fingerprint density at radius 3 is 2.43 bits per heavy atom. The van der Waals surface area contributed by atoms with Crippen LogP contribution in [0.2, 0.25) is 0 Å². The van der Waals surface area contributed by atoms with Crippen LogP contribution in [0.4, 0.5) is 15.8 Å². The molecule has 0 saturated heterocycles. The predicted molar refractivity (Wildman–Crippen MR) is 80.9 cm³/mol. The minimum Gasteiger partial charge on any atom is -0.381 e. The Bertz CT molecular complexity index is 639. The van der Waals surface area contributed by atoms with Gasteiger partial charge in [0.2, 0.25) is 0 Å². The van der Waals surface area contributed by atoms with E-state index in [0.717, 1.165) is 11.6 Å². The van der Waals surface area contributed by atoms with Crippen LogP contribution < -0.4 is 5.32 Å². The summed E-state index contributed by atoms with van der Waals surface area (Å²) in [5.41, 5.74) is 2.42. The third kappa shape index (κ3) is 4.02. The zero-order valence-corrected chi connectivity index (χ0v) is 12.0. The first-order valence-electron chi connectivity index (χ1n) is 6.73. The molecule has 0 radical (unpaired) electrons. The first-order valence-corrected chi connectivity index (χ1v) is 6.73. The van der Waals surface area contributed by atoms with Gasteiger partial charge in [-0.2, -0.15) is 0 Å². The van der Waals surface area contributed by atoms with Crippen LogP contribution in [0.15, 0.2) is 42.5 Å². The lowest BCUT2D eigenvalue weighted by atomic mass is 10.0. The number of rotatable bonds is 5. The fraction of sp³-hybridized carbons (Fsp3) is 0.250. The van der Waals surface area contributed by atoms with Crippen molar-refractivity contribution in [2.75, 3.05) is 5.32 Å². The summed E-state index contributed by atoms with van der Waals surface area (Å²) in [6.07, 6.45) is 0. The molecule has 0 aliphatic heterocycles. The monoisotopic (exact) mass is 288 g/mol. The number of nitro benzene ring substituents is 1. The molecule has 0 spiro atoms. The molecule has 2 rings (SSSR count). The third-order valence-corrected chi connectivity index (χ3v) is 3.24. The van der Waals surface area contributed by atoms with Gasteiger partial charge < -0.3 is 5.32 Å².